The van der Waals surface area contributed by atoms with Gasteiger partial charge in [-0.25, -0.2) is 8.42 Å². The molecule has 3 rings (SSSR count). The number of carbonyl (C=O) groups excluding carboxylic acids is 2. The molecule has 0 saturated carbocycles. The number of amides is 2. The van der Waals surface area contributed by atoms with E-state index in [9.17, 15) is 18.0 Å². The van der Waals surface area contributed by atoms with E-state index < -0.39 is 9.84 Å². The molecule has 25 heavy (non-hydrogen) atoms. The van der Waals surface area contributed by atoms with E-state index in [-0.39, 0.29) is 35.3 Å². The third-order valence-electron chi connectivity index (χ3n) is 5.14. The second-order valence-corrected chi connectivity index (χ2v) is 9.90. The lowest BCUT2D eigenvalue weighted by Gasteiger charge is -2.35. The van der Waals surface area contributed by atoms with Crippen molar-refractivity contribution in [2.45, 2.75) is 32.2 Å². The molecule has 0 N–H and O–H groups in total. The molecule has 0 spiro atoms. The van der Waals surface area contributed by atoms with Crippen molar-refractivity contribution in [2.24, 2.45) is 5.92 Å². The van der Waals surface area contributed by atoms with Crippen LogP contribution in [0.1, 0.15) is 35.9 Å². The zero-order valence-corrected chi connectivity index (χ0v) is 16.0. The van der Waals surface area contributed by atoms with Crippen LogP contribution in [0, 0.1) is 5.92 Å². The molecule has 2 aliphatic rings. The maximum Gasteiger partial charge on any atom is 0.263 e. The fourth-order valence-corrected chi connectivity index (χ4v) is 6.16. The molecule has 0 aromatic carbocycles. The van der Waals surface area contributed by atoms with Gasteiger partial charge < -0.3 is 9.80 Å². The molecule has 0 aliphatic carbocycles. The molecular formula is C17H24N2O4S2. The minimum absolute atomic E-state index is 0.0372. The number of likely N-dealkylation sites (tertiary alicyclic amines) is 1. The topological polar surface area (TPSA) is 74.8 Å². The first kappa shape index (κ1) is 18.4. The van der Waals surface area contributed by atoms with Gasteiger partial charge in [-0.1, -0.05) is 6.07 Å². The van der Waals surface area contributed by atoms with Gasteiger partial charge in [0.05, 0.1) is 16.4 Å². The van der Waals surface area contributed by atoms with Gasteiger partial charge in [0, 0.05) is 31.6 Å². The van der Waals surface area contributed by atoms with Gasteiger partial charge in [-0.05, 0) is 37.6 Å². The Labute approximate surface area is 152 Å². The van der Waals surface area contributed by atoms with Crippen LogP contribution in [0.4, 0.5) is 0 Å². The highest BCUT2D eigenvalue weighted by atomic mass is 32.2. The maximum atomic E-state index is 12.9. The van der Waals surface area contributed by atoms with Crippen LogP contribution < -0.4 is 0 Å². The number of sulfone groups is 1. The summed E-state index contributed by atoms with van der Waals surface area (Å²) in [6.45, 7) is 3.59. The fourth-order valence-electron chi connectivity index (χ4n) is 3.74. The summed E-state index contributed by atoms with van der Waals surface area (Å²) in [6, 6.07) is 3.50. The average molecular weight is 385 g/mol. The molecule has 1 aromatic heterocycles. The highest BCUT2D eigenvalue weighted by Crippen LogP contribution is 2.25. The third kappa shape index (κ3) is 4.06. The Bertz CT molecular complexity index is 722. The van der Waals surface area contributed by atoms with E-state index >= 15 is 0 Å². The Morgan fingerprint density at radius 3 is 2.52 bits per heavy atom. The van der Waals surface area contributed by atoms with E-state index in [1.54, 1.807) is 4.90 Å². The van der Waals surface area contributed by atoms with E-state index in [1.165, 1.54) is 11.3 Å². The van der Waals surface area contributed by atoms with Crippen LogP contribution in [-0.4, -0.2) is 67.2 Å². The largest absolute Gasteiger partial charge is 0.339 e. The lowest BCUT2D eigenvalue weighted by molar-refractivity contribution is -0.138. The summed E-state index contributed by atoms with van der Waals surface area (Å²) in [5, 5.41) is 1.89. The molecule has 0 bridgehead atoms. The van der Waals surface area contributed by atoms with Gasteiger partial charge >= 0.3 is 0 Å². The fraction of sp³-hybridized carbons (Fsp3) is 0.647. The summed E-state index contributed by atoms with van der Waals surface area (Å²) in [6.07, 6.45) is 1.83. The van der Waals surface area contributed by atoms with E-state index in [0.717, 1.165) is 4.88 Å². The van der Waals surface area contributed by atoms with Crippen molar-refractivity contribution in [1.82, 2.24) is 9.80 Å². The summed E-state index contributed by atoms with van der Waals surface area (Å²) >= 11 is 1.43. The van der Waals surface area contributed by atoms with Gasteiger partial charge in [-0.3, -0.25) is 9.59 Å². The SMILES string of the molecule is CCN(C(=O)C1CCN(C(=O)c2cccs2)CC1)[C@H]1CCS(=O)(=O)C1. The molecular weight excluding hydrogens is 360 g/mol. The van der Waals surface area contributed by atoms with Crippen molar-refractivity contribution in [2.75, 3.05) is 31.1 Å². The van der Waals surface area contributed by atoms with Crippen molar-refractivity contribution < 1.29 is 18.0 Å². The molecule has 2 amide bonds. The lowest BCUT2D eigenvalue weighted by Crippen LogP contribution is -2.48. The molecule has 2 aliphatic heterocycles. The minimum atomic E-state index is -3.01. The van der Waals surface area contributed by atoms with E-state index in [1.807, 2.05) is 29.3 Å². The Balaban J connectivity index is 1.58. The van der Waals surface area contributed by atoms with Gasteiger partial charge in [-0.15, -0.1) is 11.3 Å². The number of carbonyl (C=O) groups is 2. The van der Waals surface area contributed by atoms with Crippen molar-refractivity contribution in [3.63, 3.8) is 0 Å². The molecule has 2 fully saturated rings. The quantitative estimate of drug-likeness (QED) is 0.791. The molecule has 8 heteroatoms. The number of piperidine rings is 1. The number of hydrogen-bond donors (Lipinski definition) is 0. The molecule has 6 nitrogen and oxygen atoms in total. The van der Waals surface area contributed by atoms with Gasteiger partial charge in [0.25, 0.3) is 5.91 Å². The predicted octanol–water partition coefficient (Wildman–Crippen LogP) is 1.64. The van der Waals surface area contributed by atoms with Crippen molar-refractivity contribution in [3.05, 3.63) is 22.4 Å². The van der Waals surface area contributed by atoms with Crippen LogP contribution in [0.2, 0.25) is 0 Å². The average Bonchev–Trinajstić information content (AvgIpc) is 3.25. The Hall–Kier alpha value is -1.41. The summed E-state index contributed by atoms with van der Waals surface area (Å²) in [5.74, 6) is 0.232. The number of rotatable bonds is 4. The van der Waals surface area contributed by atoms with Gasteiger partial charge in [-0.2, -0.15) is 0 Å². The first-order chi connectivity index (χ1) is 11.9. The van der Waals surface area contributed by atoms with Gasteiger partial charge in [0.15, 0.2) is 9.84 Å². The summed E-state index contributed by atoms with van der Waals surface area (Å²) < 4.78 is 23.4. The zero-order chi connectivity index (χ0) is 18.0. The molecule has 0 unspecified atom stereocenters. The highest BCUT2D eigenvalue weighted by Gasteiger charge is 2.37. The van der Waals surface area contributed by atoms with E-state index in [4.69, 9.17) is 0 Å². The Morgan fingerprint density at radius 1 is 1.28 bits per heavy atom. The van der Waals surface area contributed by atoms with Crippen LogP contribution >= 0.6 is 11.3 Å². The molecule has 3 heterocycles. The smallest absolute Gasteiger partial charge is 0.263 e. The van der Waals surface area contributed by atoms with Gasteiger partial charge in [0.2, 0.25) is 5.91 Å². The first-order valence-electron chi connectivity index (χ1n) is 8.75. The lowest BCUT2D eigenvalue weighted by atomic mass is 9.94. The highest BCUT2D eigenvalue weighted by molar-refractivity contribution is 7.91. The van der Waals surface area contributed by atoms with Crippen molar-refractivity contribution in [1.29, 1.82) is 0 Å². The Kier molecular flexibility index (Phi) is 5.48. The molecule has 1 atom stereocenters. The van der Waals surface area contributed by atoms with E-state index in [0.29, 0.717) is 38.9 Å². The van der Waals surface area contributed by atoms with Crippen molar-refractivity contribution in [3.8, 4) is 0 Å². The maximum absolute atomic E-state index is 12.9. The van der Waals surface area contributed by atoms with Crippen molar-refractivity contribution >= 4 is 33.0 Å². The number of thiophene rings is 1. The van der Waals surface area contributed by atoms with Crippen LogP contribution in [0.5, 0.6) is 0 Å². The van der Waals surface area contributed by atoms with Crippen LogP contribution in [0.3, 0.4) is 0 Å². The first-order valence-corrected chi connectivity index (χ1v) is 11.4. The molecule has 1 aromatic rings. The molecule has 138 valence electrons. The second kappa shape index (κ2) is 7.45. The Morgan fingerprint density at radius 2 is 2.00 bits per heavy atom. The minimum Gasteiger partial charge on any atom is -0.339 e. The predicted molar refractivity (Wildman–Crippen MR) is 97.4 cm³/mol. The number of hydrogen-bond acceptors (Lipinski definition) is 5. The standard InChI is InChI=1S/C17H24N2O4S2/c1-2-19(14-7-11-25(22,23)12-14)16(20)13-5-8-18(9-6-13)17(21)15-4-3-10-24-15/h3-4,10,13-14H,2,5-9,11-12H2,1H3/t14-/m0/s1. The third-order valence-corrected chi connectivity index (χ3v) is 7.74. The second-order valence-electron chi connectivity index (χ2n) is 6.72. The zero-order valence-electron chi connectivity index (χ0n) is 14.4. The summed E-state index contributed by atoms with van der Waals surface area (Å²) in [7, 11) is -3.01. The normalized spacial score (nSPS) is 23.6. The summed E-state index contributed by atoms with van der Waals surface area (Å²) in [5.41, 5.74) is 0. The van der Waals surface area contributed by atoms with Gasteiger partial charge in [0.1, 0.15) is 0 Å². The molecule has 2 saturated heterocycles. The van der Waals surface area contributed by atoms with E-state index in [2.05, 4.69) is 0 Å². The van der Waals surface area contributed by atoms with Crippen LogP contribution in [-0.2, 0) is 14.6 Å². The summed E-state index contributed by atoms with van der Waals surface area (Å²) in [4.78, 5) is 29.5. The number of nitrogens with zero attached hydrogens (tertiary/aromatic N) is 2. The van der Waals surface area contributed by atoms with Crippen LogP contribution in [0.15, 0.2) is 17.5 Å². The molecule has 0 radical (unpaired) electrons. The van der Waals surface area contributed by atoms with Crippen LogP contribution in [0.25, 0.3) is 0 Å². The monoisotopic (exact) mass is 384 g/mol.